The van der Waals surface area contributed by atoms with Gasteiger partial charge in [-0.2, -0.15) is 0 Å². The molecule has 2 amide bonds. The summed E-state index contributed by atoms with van der Waals surface area (Å²) in [5.74, 6) is -2.95. The van der Waals surface area contributed by atoms with Gasteiger partial charge in [0, 0.05) is 18.9 Å². The van der Waals surface area contributed by atoms with Gasteiger partial charge in [-0.25, -0.2) is 4.79 Å². The van der Waals surface area contributed by atoms with E-state index in [4.69, 9.17) is 16.2 Å². The molecular weight excluding hydrogens is 398 g/mol. The van der Waals surface area contributed by atoms with Crippen LogP contribution < -0.4 is 11.5 Å². The molecule has 0 bridgehead atoms. The number of hydrogen-bond acceptors (Lipinski definition) is 7. The maximum atomic E-state index is 13.1. The van der Waals surface area contributed by atoms with Gasteiger partial charge in [-0.1, -0.05) is 50.6 Å². The first-order valence-corrected chi connectivity index (χ1v) is 10.8. The van der Waals surface area contributed by atoms with Crippen LogP contribution in [0.4, 0.5) is 0 Å². The minimum Gasteiger partial charge on any atom is -0.467 e. The van der Waals surface area contributed by atoms with Gasteiger partial charge < -0.3 is 21.3 Å². The number of nitrogens with zero attached hydrogens (tertiary/aromatic N) is 1. The van der Waals surface area contributed by atoms with E-state index in [-0.39, 0.29) is 18.9 Å². The summed E-state index contributed by atoms with van der Waals surface area (Å²) in [5, 5.41) is 9.46. The highest BCUT2D eigenvalue weighted by Crippen LogP contribution is 2.19. The zero-order valence-electron chi connectivity index (χ0n) is 18.8. The molecule has 0 fully saturated rings. The van der Waals surface area contributed by atoms with Crippen molar-refractivity contribution < 1.29 is 24.2 Å². The highest BCUT2D eigenvalue weighted by molar-refractivity contribution is 6.01. The molecule has 5 N–H and O–H groups in total. The second-order valence-electron chi connectivity index (χ2n) is 8.06. The average Bonchev–Trinajstić information content (AvgIpc) is 2.77. The Morgan fingerprint density at radius 3 is 2.26 bits per heavy atom. The molecule has 3 atom stereocenters. The normalized spacial score (nSPS) is 14.0. The Labute approximate surface area is 184 Å². The van der Waals surface area contributed by atoms with E-state index in [1.165, 1.54) is 12.7 Å². The molecule has 1 aromatic rings. The molecule has 1 unspecified atom stereocenters. The van der Waals surface area contributed by atoms with Crippen LogP contribution >= 0.6 is 0 Å². The van der Waals surface area contributed by atoms with Gasteiger partial charge in [0.05, 0.1) is 13.2 Å². The molecule has 8 heteroatoms. The van der Waals surface area contributed by atoms with Crippen molar-refractivity contribution in [1.82, 2.24) is 4.90 Å². The molecule has 174 valence electrons. The topological polar surface area (TPSA) is 136 Å². The zero-order chi connectivity index (χ0) is 23.4. The molecule has 1 rings (SSSR count). The lowest BCUT2D eigenvalue weighted by Gasteiger charge is -2.34. The molecule has 0 heterocycles. The lowest BCUT2D eigenvalue weighted by Crippen LogP contribution is -2.58. The first kappa shape index (κ1) is 26.7. The van der Waals surface area contributed by atoms with Crippen LogP contribution in [0.15, 0.2) is 30.3 Å². The maximum absolute atomic E-state index is 13.1. The zero-order valence-corrected chi connectivity index (χ0v) is 18.8. The predicted octanol–water partition coefficient (Wildman–Crippen LogP) is 1.24. The fourth-order valence-corrected chi connectivity index (χ4v) is 3.46. The summed E-state index contributed by atoms with van der Waals surface area (Å²) < 4.78 is 4.84. The summed E-state index contributed by atoms with van der Waals surface area (Å²) in [5.41, 5.74) is 12.8. The standard InChI is InChI=1S/C23H37N3O5/c1-16(2)21(23(30)31-3)26(22(29)20(25)18(14-24)15-27)19(28)13-9-5-8-12-17-10-6-4-7-11-17/h4,6-7,10-11,16,18,20-21,27H,5,8-9,12-15,24-25H2,1-3H3/t18?,20-,21-/m0/s1. The Hall–Kier alpha value is -2.29. The van der Waals surface area contributed by atoms with Crippen LogP contribution in [0.1, 0.15) is 45.1 Å². The predicted molar refractivity (Wildman–Crippen MR) is 119 cm³/mol. The van der Waals surface area contributed by atoms with E-state index in [1.807, 2.05) is 18.2 Å². The molecule has 0 saturated carbocycles. The summed E-state index contributed by atoms with van der Waals surface area (Å²) in [6.07, 6.45) is 3.32. The third-order valence-electron chi connectivity index (χ3n) is 5.39. The van der Waals surface area contributed by atoms with Crippen molar-refractivity contribution in [3.05, 3.63) is 35.9 Å². The van der Waals surface area contributed by atoms with Gasteiger partial charge in [0.1, 0.15) is 6.04 Å². The van der Waals surface area contributed by atoms with E-state index in [0.29, 0.717) is 6.42 Å². The lowest BCUT2D eigenvalue weighted by molar-refractivity contribution is -0.163. The van der Waals surface area contributed by atoms with E-state index < -0.39 is 42.4 Å². The van der Waals surface area contributed by atoms with Crippen LogP contribution in [0, 0.1) is 11.8 Å². The summed E-state index contributed by atoms with van der Waals surface area (Å²) >= 11 is 0. The molecular formula is C23H37N3O5. The van der Waals surface area contributed by atoms with E-state index in [0.717, 1.165) is 24.2 Å². The monoisotopic (exact) mass is 435 g/mol. The number of carbonyl (C=O) groups excluding carboxylic acids is 3. The Morgan fingerprint density at radius 2 is 1.74 bits per heavy atom. The van der Waals surface area contributed by atoms with Crippen molar-refractivity contribution in [3.8, 4) is 0 Å². The van der Waals surface area contributed by atoms with E-state index in [1.54, 1.807) is 13.8 Å². The van der Waals surface area contributed by atoms with Crippen LogP contribution in [0.5, 0.6) is 0 Å². The fourth-order valence-electron chi connectivity index (χ4n) is 3.46. The summed E-state index contributed by atoms with van der Waals surface area (Å²) in [4.78, 5) is 39.4. The molecule has 0 aliphatic heterocycles. The SMILES string of the molecule is COC(=O)[C@H](C(C)C)N(C(=O)CCCCCc1ccccc1)C(=O)[C@@H](N)C(CN)CO. The number of amides is 2. The Balaban J connectivity index is 2.87. The Bertz CT molecular complexity index is 692. The number of unbranched alkanes of at least 4 members (excludes halogenated alkanes) is 2. The fraction of sp³-hybridized carbons (Fsp3) is 0.609. The van der Waals surface area contributed by atoms with Gasteiger partial charge in [0.15, 0.2) is 0 Å². The van der Waals surface area contributed by atoms with Crippen molar-refractivity contribution in [2.24, 2.45) is 23.3 Å². The van der Waals surface area contributed by atoms with Gasteiger partial charge in [-0.05, 0) is 37.3 Å². The Kier molecular flexibility index (Phi) is 12.0. The van der Waals surface area contributed by atoms with Crippen LogP contribution in [0.2, 0.25) is 0 Å². The highest BCUT2D eigenvalue weighted by atomic mass is 16.5. The van der Waals surface area contributed by atoms with Gasteiger partial charge >= 0.3 is 5.97 Å². The molecule has 31 heavy (non-hydrogen) atoms. The third-order valence-corrected chi connectivity index (χ3v) is 5.39. The molecule has 0 spiro atoms. The van der Waals surface area contributed by atoms with Crippen molar-refractivity contribution in [3.63, 3.8) is 0 Å². The molecule has 0 aromatic heterocycles. The number of esters is 1. The summed E-state index contributed by atoms with van der Waals surface area (Å²) in [7, 11) is 1.21. The number of rotatable bonds is 13. The quantitative estimate of drug-likeness (QED) is 0.313. The number of carbonyl (C=O) groups is 3. The lowest BCUT2D eigenvalue weighted by atomic mass is 9.96. The Morgan fingerprint density at radius 1 is 1.10 bits per heavy atom. The largest absolute Gasteiger partial charge is 0.467 e. The number of aliphatic hydroxyl groups is 1. The smallest absolute Gasteiger partial charge is 0.329 e. The molecule has 8 nitrogen and oxygen atoms in total. The number of aliphatic hydroxyl groups excluding tert-OH is 1. The van der Waals surface area contributed by atoms with E-state index >= 15 is 0 Å². The second kappa shape index (κ2) is 13.9. The van der Waals surface area contributed by atoms with E-state index in [2.05, 4.69) is 12.1 Å². The third kappa shape index (κ3) is 8.05. The minimum absolute atomic E-state index is 0.0184. The molecule has 1 aromatic carbocycles. The number of methoxy groups -OCH3 is 1. The van der Waals surface area contributed by atoms with Crippen molar-refractivity contribution in [1.29, 1.82) is 0 Å². The van der Waals surface area contributed by atoms with Crippen molar-refractivity contribution in [2.75, 3.05) is 20.3 Å². The van der Waals surface area contributed by atoms with Crippen LogP contribution in [-0.2, 0) is 25.5 Å². The van der Waals surface area contributed by atoms with Crippen molar-refractivity contribution in [2.45, 2.75) is 58.0 Å². The highest BCUT2D eigenvalue weighted by Gasteiger charge is 2.40. The second-order valence-corrected chi connectivity index (χ2v) is 8.06. The number of benzene rings is 1. The van der Waals surface area contributed by atoms with Crippen LogP contribution in [0.25, 0.3) is 0 Å². The van der Waals surface area contributed by atoms with Crippen LogP contribution in [0.3, 0.4) is 0 Å². The van der Waals surface area contributed by atoms with Gasteiger partial charge in [-0.15, -0.1) is 0 Å². The molecule has 0 aliphatic carbocycles. The van der Waals surface area contributed by atoms with E-state index in [9.17, 15) is 19.5 Å². The first-order chi connectivity index (χ1) is 14.8. The summed E-state index contributed by atoms with van der Waals surface area (Å²) in [6, 6.07) is 7.80. The van der Waals surface area contributed by atoms with Crippen LogP contribution in [-0.4, -0.2) is 60.1 Å². The minimum atomic E-state index is -1.19. The summed E-state index contributed by atoms with van der Waals surface area (Å²) in [6.45, 7) is 3.05. The number of nitrogens with two attached hydrogens (primary N) is 2. The number of imide groups is 1. The maximum Gasteiger partial charge on any atom is 0.329 e. The first-order valence-electron chi connectivity index (χ1n) is 10.8. The van der Waals surface area contributed by atoms with Crippen molar-refractivity contribution >= 4 is 17.8 Å². The van der Waals surface area contributed by atoms with Gasteiger partial charge in [0.2, 0.25) is 11.8 Å². The van der Waals surface area contributed by atoms with Gasteiger partial charge in [0.25, 0.3) is 0 Å². The molecule has 0 aliphatic rings. The number of aryl methyl sites for hydroxylation is 1. The number of hydrogen-bond donors (Lipinski definition) is 3. The number of ether oxygens (including phenoxy) is 1. The molecule has 0 radical (unpaired) electrons. The van der Waals surface area contributed by atoms with Gasteiger partial charge in [-0.3, -0.25) is 14.5 Å². The molecule has 0 saturated heterocycles. The average molecular weight is 436 g/mol.